The van der Waals surface area contributed by atoms with Gasteiger partial charge in [-0.05, 0) is 56.7 Å². The quantitative estimate of drug-likeness (QED) is 0.594. The number of amides is 2. The highest BCUT2D eigenvalue weighted by atomic mass is 35.5. The lowest BCUT2D eigenvalue weighted by Crippen LogP contribution is -2.43. The van der Waals surface area contributed by atoms with Gasteiger partial charge in [0.05, 0.1) is 14.2 Å². The Morgan fingerprint density at radius 3 is 2.24 bits per heavy atom. The number of benzene rings is 1. The van der Waals surface area contributed by atoms with Crippen molar-refractivity contribution >= 4 is 34.5 Å². The Morgan fingerprint density at radius 2 is 1.66 bits per heavy atom. The fourth-order valence-electron chi connectivity index (χ4n) is 2.79. The fourth-order valence-corrected chi connectivity index (χ4v) is 2.93. The summed E-state index contributed by atoms with van der Waals surface area (Å²) in [5.74, 6) is 1.60. The number of ether oxygens (including phenoxy) is 2. The number of anilines is 1. The van der Waals surface area contributed by atoms with Crippen molar-refractivity contribution in [3.8, 4) is 22.6 Å². The molecule has 1 aromatic carbocycles. The van der Waals surface area contributed by atoms with Crippen molar-refractivity contribution < 1.29 is 14.3 Å². The highest BCUT2D eigenvalue weighted by molar-refractivity contribution is 6.29. The molecule has 0 aliphatic carbocycles. The van der Waals surface area contributed by atoms with E-state index in [1.807, 2.05) is 45.0 Å². The second kappa shape index (κ2) is 8.13. The van der Waals surface area contributed by atoms with Crippen LogP contribution in [0.25, 0.3) is 22.2 Å². The van der Waals surface area contributed by atoms with E-state index in [2.05, 4.69) is 20.6 Å². The minimum atomic E-state index is -0.401. The van der Waals surface area contributed by atoms with E-state index in [0.717, 1.165) is 10.9 Å². The monoisotopic (exact) mass is 414 g/mol. The Hall–Kier alpha value is -3.06. The first-order chi connectivity index (χ1) is 13.7. The van der Waals surface area contributed by atoms with Crippen LogP contribution in [0.3, 0.4) is 0 Å². The maximum absolute atomic E-state index is 12.5. The summed E-state index contributed by atoms with van der Waals surface area (Å²) in [6.45, 7) is 5.70. The van der Waals surface area contributed by atoms with Gasteiger partial charge in [0.1, 0.15) is 22.5 Å². The molecular formula is C21H23ClN4O3. The smallest absolute Gasteiger partial charge is 0.320 e. The molecule has 2 aromatic heterocycles. The van der Waals surface area contributed by atoms with Gasteiger partial charge in [-0.1, -0.05) is 11.6 Å². The summed E-state index contributed by atoms with van der Waals surface area (Å²) in [6, 6.07) is 10.5. The molecule has 0 spiro atoms. The normalized spacial score (nSPS) is 11.2. The number of rotatable bonds is 4. The zero-order valence-corrected chi connectivity index (χ0v) is 17.7. The topological polar surface area (TPSA) is 85.4 Å². The largest absolute Gasteiger partial charge is 0.497 e. The lowest BCUT2D eigenvalue weighted by molar-refractivity contribution is 0.243. The third-order valence-corrected chi connectivity index (χ3v) is 4.24. The maximum atomic E-state index is 12.5. The zero-order chi connectivity index (χ0) is 21.2. The number of carbonyl (C=O) groups is 1. The van der Waals surface area contributed by atoms with E-state index in [-0.39, 0.29) is 6.03 Å². The second-order valence-electron chi connectivity index (χ2n) is 7.50. The van der Waals surface area contributed by atoms with Crippen molar-refractivity contribution in [2.75, 3.05) is 19.5 Å². The van der Waals surface area contributed by atoms with E-state index in [4.69, 9.17) is 21.1 Å². The van der Waals surface area contributed by atoms with Crippen LogP contribution in [-0.4, -0.2) is 35.8 Å². The highest BCUT2D eigenvalue weighted by Crippen LogP contribution is 2.35. The number of hydrogen-bond donors (Lipinski definition) is 2. The van der Waals surface area contributed by atoms with E-state index < -0.39 is 5.54 Å². The minimum Gasteiger partial charge on any atom is -0.497 e. The van der Waals surface area contributed by atoms with Gasteiger partial charge in [0, 0.05) is 22.6 Å². The number of halogens is 1. The number of methoxy groups -OCH3 is 2. The van der Waals surface area contributed by atoms with Gasteiger partial charge in [-0.3, -0.25) is 5.32 Å². The molecule has 0 saturated carbocycles. The molecule has 2 N–H and O–H groups in total. The van der Waals surface area contributed by atoms with Gasteiger partial charge in [0.15, 0.2) is 5.65 Å². The Bertz CT molecular complexity index is 1040. The molecule has 2 amide bonds. The third kappa shape index (κ3) is 5.06. The fraction of sp³-hybridized carbons (Fsp3) is 0.286. The predicted molar refractivity (Wildman–Crippen MR) is 115 cm³/mol. The molecule has 0 bridgehead atoms. The van der Waals surface area contributed by atoms with Gasteiger partial charge >= 0.3 is 6.03 Å². The lowest BCUT2D eigenvalue weighted by Gasteiger charge is -2.21. The van der Waals surface area contributed by atoms with Crippen molar-refractivity contribution in [2.45, 2.75) is 26.3 Å². The van der Waals surface area contributed by atoms with Crippen molar-refractivity contribution in [3.05, 3.63) is 41.6 Å². The van der Waals surface area contributed by atoms with E-state index in [1.54, 1.807) is 26.4 Å². The van der Waals surface area contributed by atoms with E-state index in [0.29, 0.717) is 33.7 Å². The van der Waals surface area contributed by atoms with Gasteiger partial charge in [-0.15, -0.1) is 0 Å². The number of nitrogens with one attached hydrogen (secondary N) is 2. The molecule has 0 radical (unpaired) electrons. The molecule has 0 saturated heterocycles. The van der Waals surface area contributed by atoms with Crippen LogP contribution in [0, 0.1) is 0 Å². The number of fused-ring (bicyclic) bond motifs is 1. The summed E-state index contributed by atoms with van der Waals surface area (Å²) in [5, 5.41) is 6.80. The molecular weight excluding hydrogens is 392 g/mol. The zero-order valence-electron chi connectivity index (χ0n) is 17.0. The lowest BCUT2D eigenvalue weighted by atomic mass is 10.0. The maximum Gasteiger partial charge on any atom is 0.320 e. The molecule has 3 rings (SSSR count). The Kier molecular flexibility index (Phi) is 5.79. The van der Waals surface area contributed by atoms with Crippen LogP contribution in [0.2, 0.25) is 5.15 Å². The molecule has 0 aliphatic heterocycles. The summed E-state index contributed by atoms with van der Waals surface area (Å²) in [7, 11) is 3.16. The first-order valence-electron chi connectivity index (χ1n) is 8.98. The van der Waals surface area contributed by atoms with Crippen LogP contribution in [0.4, 0.5) is 10.6 Å². The predicted octanol–water partition coefficient (Wildman–Crippen LogP) is 4.89. The van der Waals surface area contributed by atoms with Gasteiger partial charge in [0.2, 0.25) is 0 Å². The van der Waals surface area contributed by atoms with Gasteiger partial charge in [-0.2, -0.15) is 0 Å². The molecule has 7 nitrogen and oxygen atoms in total. The highest BCUT2D eigenvalue weighted by Gasteiger charge is 2.18. The van der Waals surface area contributed by atoms with Crippen LogP contribution in [0.15, 0.2) is 36.4 Å². The van der Waals surface area contributed by atoms with Crippen LogP contribution in [-0.2, 0) is 0 Å². The van der Waals surface area contributed by atoms with Gasteiger partial charge < -0.3 is 14.8 Å². The average Bonchev–Trinajstić information content (AvgIpc) is 2.65. The average molecular weight is 415 g/mol. The SMILES string of the molecule is COc1cc(OC)cc(-c2cc3ccc(Cl)nc3nc2NC(=O)NC(C)(C)C)c1. The molecule has 0 fully saturated rings. The number of urea groups is 1. The Labute approximate surface area is 174 Å². The van der Waals surface area contributed by atoms with Crippen molar-refractivity contribution in [1.82, 2.24) is 15.3 Å². The molecule has 2 heterocycles. The molecule has 0 aliphatic rings. The molecule has 29 heavy (non-hydrogen) atoms. The second-order valence-corrected chi connectivity index (χ2v) is 7.88. The van der Waals surface area contributed by atoms with Crippen molar-refractivity contribution in [3.63, 3.8) is 0 Å². The van der Waals surface area contributed by atoms with Crippen molar-refractivity contribution in [2.24, 2.45) is 0 Å². The summed E-state index contributed by atoms with van der Waals surface area (Å²) in [4.78, 5) is 21.3. The van der Waals surface area contributed by atoms with E-state index in [1.165, 1.54) is 0 Å². The third-order valence-electron chi connectivity index (χ3n) is 4.03. The standard InChI is InChI=1S/C21H23ClN4O3/c1-21(2,3)26-20(27)25-19-16(10-12-6-7-17(22)23-18(12)24-19)13-8-14(28-4)11-15(9-13)29-5/h6-11H,1-5H3,(H2,23,24,25,26,27). The molecule has 0 unspecified atom stereocenters. The van der Waals surface area contributed by atoms with Crippen LogP contribution >= 0.6 is 11.6 Å². The Morgan fingerprint density at radius 1 is 1.00 bits per heavy atom. The van der Waals surface area contributed by atoms with Crippen LogP contribution in [0.5, 0.6) is 11.5 Å². The van der Waals surface area contributed by atoms with Crippen molar-refractivity contribution in [1.29, 1.82) is 0 Å². The Balaban J connectivity index is 2.16. The van der Waals surface area contributed by atoms with Crippen LogP contribution in [0.1, 0.15) is 20.8 Å². The van der Waals surface area contributed by atoms with Gasteiger partial charge in [0.25, 0.3) is 0 Å². The first kappa shape index (κ1) is 20.7. The number of hydrogen-bond acceptors (Lipinski definition) is 5. The summed E-state index contributed by atoms with van der Waals surface area (Å²) >= 11 is 6.02. The number of aromatic nitrogens is 2. The number of carbonyl (C=O) groups excluding carboxylic acids is 1. The van der Waals surface area contributed by atoms with Crippen LogP contribution < -0.4 is 20.1 Å². The van der Waals surface area contributed by atoms with Gasteiger partial charge in [-0.25, -0.2) is 14.8 Å². The number of pyridine rings is 2. The summed E-state index contributed by atoms with van der Waals surface area (Å²) in [6.07, 6.45) is 0. The minimum absolute atomic E-state index is 0.325. The van der Waals surface area contributed by atoms with E-state index in [9.17, 15) is 4.79 Å². The molecule has 0 atom stereocenters. The molecule has 152 valence electrons. The molecule has 8 heteroatoms. The molecule has 3 aromatic rings. The first-order valence-corrected chi connectivity index (χ1v) is 9.36. The number of nitrogens with zero attached hydrogens (tertiary/aromatic N) is 2. The summed E-state index contributed by atoms with van der Waals surface area (Å²) in [5.41, 5.74) is 1.50. The van der Waals surface area contributed by atoms with E-state index >= 15 is 0 Å². The summed E-state index contributed by atoms with van der Waals surface area (Å²) < 4.78 is 10.8.